The van der Waals surface area contributed by atoms with Crippen LogP contribution in [0, 0.1) is 0 Å². The standard InChI is InChI=1S/C9H12N2O2/c1-6(2)8-7(5-12)11-3-4-13-9(11)10-8/h5-6H,3-4H2,1-2H3. The van der Waals surface area contributed by atoms with Crippen molar-refractivity contribution in [1.82, 2.24) is 9.55 Å². The summed E-state index contributed by atoms with van der Waals surface area (Å²) in [5, 5.41) is 0. The zero-order chi connectivity index (χ0) is 9.42. The molecule has 0 atom stereocenters. The minimum atomic E-state index is 0.266. The Morgan fingerprint density at radius 1 is 1.62 bits per heavy atom. The molecule has 0 aliphatic carbocycles. The highest BCUT2D eigenvalue weighted by Crippen LogP contribution is 2.25. The van der Waals surface area contributed by atoms with Crippen molar-refractivity contribution in [2.75, 3.05) is 6.61 Å². The lowest BCUT2D eigenvalue weighted by atomic mass is 10.1. The molecule has 1 aromatic heterocycles. The van der Waals surface area contributed by atoms with Gasteiger partial charge in [0.05, 0.1) is 12.2 Å². The highest BCUT2D eigenvalue weighted by molar-refractivity contribution is 5.75. The highest BCUT2D eigenvalue weighted by Gasteiger charge is 2.23. The molecule has 0 radical (unpaired) electrons. The molecule has 0 aromatic carbocycles. The number of ether oxygens (including phenoxy) is 1. The van der Waals surface area contributed by atoms with Gasteiger partial charge in [0.2, 0.25) is 0 Å². The molecule has 0 saturated carbocycles. The molecule has 0 bridgehead atoms. The molecule has 1 aliphatic heterocycles. The number of carbonyl (C=O) groups is 1. The summed E-state index contributed by atoms with van der Waals surface area (Å²) in [6.07, 6.45) is 0.862. The van der Waals surface area contributed by atoms with Crippen LogP contribution >= 0.6 is 0 Å². The van der Waals surface area contributed by atoms with Crippen molar-refractivity contribution in [3.05, 3.63) is 11.4 Å². The molecule has 2 heterocycles. The summed E-state index contributed by atoms with van der Waals surface area (Å²) in [6, 6.07) is 0.589. The number of imidazole rings is 1. The van der Waals surface area contributed by atoms with Gasteiger partial charge in [-0.25, -0.2) is 0 Å². The monoisotopic (exact) mass is 180 g/mol. The summed E-state index contributed by atoms with van der Waals surface area (Å²) >= 11 is 0. The third-order valence-corrected chi connectivity index (χ3v) is 2.20. The van der Waals surface area contributed by atoms with E-state index >= 15 is 0 Å². The SMILES string of the molecule is CC(C)c1nc2n(c1C=O)CCO2. The van der Waals surface area contributed by atoms with Crippen molar-refractivity contribution in [3.63, 3.8) is 0 Å². The molecule has 70 valence electrons. The summed E-state index contributed by atoms with van der Waals surface area (Å²) in [5.74, 6) is 0.266. The third-order valence-electron chi connectivity index (χ3n) is 2.20. The van der Waals surface area contributed by atoms with Crippen LogP contribution in [0.4, 0.5) is 0 Å². The van der Waals surface area contributed by atoms with Crippen LogP contribution in [0.1, 0.15) is 35.9 Å². The molecule has 0 spiro atoms. The van der Waals surface area contributed by atoms with Crippen molar-refractivity contribution in [1.29, 1.82) is 0 Å². The Bertz CT molecular complexity index is 342. The number of rotatable bonds is 2. The van der Waals surface area contributed by atoms with E-state index in [1.54, 1.807) is 0 Å². The van der Waals surface area contributed by atoms with Crippen LogP contribution < -0.4 is 4.74 Å². The number of aldehydes is 1. The van der Waals surface area contributed by atoms with Crippen LogP contribution in [0.3, 0.4) is 0 Å². The van der Waals surface area contributed by atoms with E-state index in [-0.39, 0.29) is 5.92 Å². The quantitative estimate of drug-likeness (QED) is 0.642. The van der Waals surface area contributed by atoms with E-state index < -0.39 is 0 Å². The Labute approximate surface area is 76.5 Å². The van der Waals surface area contributed by atoms with Gasteiger partial charge in [-0.2, -0.15) is 4.98 Å². The number of aromatic nitrogens is 2. The van der Waals surface area contributed by atoms with Crippen LogP contribution in [-0.2, 0) is 6.54 Å². The predicted molar refractivity (Wildman–Crippen MR) is 47.2 cm³/mol. The molecular weight excluding hydrogens is 168 g/mol. The van der Waals surface area contributed by atoms with E-state index in [0.717, 1.165) is 18.5 Å². The minimum absolute atomic E-state index is 0.266. The number of nitrogens with zero attached hydrogens (tertiary/aromatic N) is 2. The van der Waals surface area contributed by atoms with Gasteiger partial charge in [-0.1, -0.05) is 13.8 Å². The van der Waals surface area contributed by atoms with Gasteiger partial charge in [0.15, 0.2) is 6.29 Å². The van der Waals surface area contributed by atoms with E-state index in [4.69, 9.17) is 4.74 Å². The maximum atomic E-state index is 10.8. The summed E-state index contributed by atoms with van der Waals surface area (Å²) in [4.78, 5) is 15.1. The van der Waals surface area contributed by atoms with Crippen LogP contribution in [0.5, 0.6) is 6.01 Å². The van der Waals surface area contributed by atoms with Crippen molar-refractivity contribution in [3.8, 4) is 6.01 Å². The highest BCUT2D eigenvalue weighted by atomic mass is 16.5. The molecule has 0 fully saturated rings. The van der Waals surface area contributed by atoms with Gasteiger partial charge in [-0.15, -0.1) is 0 Å². The zero-order valence-electron chi connectivity index (χ0n) is 7.78. The van der Waals surface area contributed by atoms with Gasteiger partial charge in [-0.3, -0.25) is 9.36 Å². The molecule has 13 heavy (non-hydrogen) atoms. The zero-order valence-corrected chi connectivity index (χ0v) is 7.78. The van der Waals surface area contributed by atoms with E-state index in [0.29, 0.717) is 18.3 Å². The fourth-order valence-electron chi connectivity index (χ4n) is 1.57. The maximum Gasteiger partial charge on any atom is 0.297 e. The average Bonchev–Trinajstić information content (AvgIpc) is 2.60. The summed E-state index contributed by atoms with van der Waals surface area (Å²) < 4.78 is 7.10. The smallest absolute Gasteiger partial charge is 0.297 e. The summed E-state index contributed by atoms with van der Waals surface area (Å²) in [5.41, 5.74) is 1.51. The molecule has 1 aliphatic rings. The lowest BCUT2D eigenvalue weighted by Crippen LogP contribution is -2.03. The number of hydrogen-bond acceptors (Lipinski definition) is 3. The first-order valence-electron chi connectivity index (χ1n) is 4.42. The van der Waals surface area contributed by atoms with Crippen molar-refractivity contribution >= 4 is 6.29 Å². The van der Waals surface area contributed by atoms with Gasteiger partial charge in [0.1, 0.15) is 12.3 Å². The largest absolute Gasteiger partial charge is 0.463 e. The molecule has 0 saturated heterocycles. The van der Waals surface area contributed by atoms with E-state index in [1.807, 2.05) is 18.4 Å². The van der Waals surface area contributed by atoms with Crippen molar-refractivity contribution in [2.45, 2.75) is 26.3 Å². The first-order chi connectivity index (χ1) is 6.24. The molecule has 4 heteroatoms. The van der Waals surface area contributed by atoms with Gasteiger partial charge in [-0.05, 0) is 5.92 Å². The predicted octanol–water partition coefficient (Wildman–Crippen LogP) is 1.21. The molecule has 1 aromatic rings. The Balaban J connectivity index is 2.53. The fourth-order valence-corrected chi connectivity index (χ4v) is 1.57. The van der Waals surface area contributed by atoms with Crippen LogP contribution in [0.25, 0.3) is 0 Å². The second-order valence-electron chi connectivity index (χ2n) is 3.44. The van der Waals surface area contributed by atoms with Gasteiger partial charge < -0.3 is 4.74 Å². The first-order valence-corrected chi connectivity index (χ1v) is 4.42. The summed E-state index contributed by atoms with van der Waals surface area (Å²) in [7, 11) is 0. The lowest BCUT2D eigenvalue weighted by molar-refractivity contribution is 0.111. The van der Waals surface area contributed by atoms with E-state index in [1.165, 1.54) is 0 Å². The Morgan fingerprint density at radius 3 is 3.00 bits per heavy atom. The van der Waals surface area contributed by atoms with Crippen molar-refractivity contribution < 1.29 is 9.53 Å². The molecule has 0 N–H and O–H groups in total. The maximum absolute atomic E-state index is 10.8. The van der Waals surface area contributed by atoms with Gasteiger partial charge >= 0.3 is 0 Å². The number of hydrogen-bond donors (Lipinski definition) is 0. The minimum Gasteiger partial charge on any atom is -0.463 e. The Morgan fingerprint density at radius 2 is 2.38 bits per heavy atom. The Hall–Kier alpha value is -1.32. The van der Waals surface area contributed by atoms with Crippen molar-refractivity contribution in [2.24, 2.45) is 0 Å². The number of carbonyl (C=O) groups excluding carboxylic acids is 1. The lowest BCUT2D eigenvalue weighted by Gasteiger charge is -2.01. The molecule has 0 unspecified atom stereocenters. The van der Waals surface area contributed by atoms with Gasteiger partial charge in [0.25, 0.3) is 6.01 Å². The second-order valence-corrected chi connectivity index (χ2v) is 3.44. The second kappa shape index (κ2) is 2.87. The molecule has 2 rings (SSSR count). The normalized spacial score (nSPS) is 14.4. The molecule has 0 amide bonds. The average molecular weight is 180 g/mol. The van der Waals surface area contributed by atoms with E-state index in [9.17, 15) is 4.79 Å². The Kier molecular flexibility index (Phi) is 1.83. The van der Waals surface area contributed by atoms with Crippen LogP contribution in [-0.4, -0.2) is 22.4 Å². The third kappa shape index (κ3) is 1.13. The van der Waals surface area contributed by atoms with Crippen LogP contribution in [0.15, 0.2) is 0 Å². The molecular formula is C9H12N2O2. The summed E-state index contributed by atoms with van der Waals surface area (Å²) in [6.45, 7) is 5.40. The first kappa shape index (κ1) is 8.29. The van der Waals surface area contributed by atoms with Crippen LogP contribution in [0.2, 0.25) is 0 Å². The fraction of sp³-hybridized carbons (Fsp3) is 0.556. The topological polar surface area (TPSA) is 44.1 Å². The van der Waals surface area contributed by atoms with E-state index in [2.05, 4.69) is 4.98 Å². The molecule has 4 nitrogen and oxygen atoms in total. The van der Waals surface area contributed by atoms with Gasteiger partial charge in [0, 0.05) is 0 Å². The number of fused-ring (bicyclic) bond motifs is 1.